The summed E-state index contributed by atoms with van der Waals surface area (Å²) in [4.78, 5) is 6.47. The minimum Gasteiger partial charge on any atom is -0.378 e. The molecule has 3 rings (SSSR count). The summed E-state index contributed by atoms with van der Waals surface area (Å²) in [7, 11) is 0. The molecule has 0 saturated carbocycles. The van der Waals surface area contributed by atoms with Crippen LogP contribution >= 0.6 is 0 Å². The molecule has 0 radical (unpaired) electrons. The van der Waals surface area contributed by atoms with Crippen LogP contribution < -0.4 is 0 Å². The van der Waals surface area contributed by atoms with Crippen molar-refractivity contribution in [3.8, 4) is 0 Å². The summed E-state index contributed by atoms with van der Waals surface area (Å²) in [6, 6.07) is 1.84. The Hall–Kier alpha value is -1.73. The Balaban J connectivity index is 1.77. The van der Waals surface area contributed by atoms with E-state index in [0.29, 0.717) is 31.5 Å². The predicted molar refractivity (Wildman–Crippen MR) is 59.5 cm³/mol. The van der Waals surface area contributed by atoms with Gasteiger partial charge < -0.3 is 13.8 Å². The second kappa shape index (κ2) is 4.87. The molecule has 96 valence electrons. The molecule has 7 heteroatoms. The van der Waals surface area contributed by atoms with E-state index in [1.54, 1.807) is 13.2 Å². The van der Waals surface area contributed by atoms with E-state index >= 15 is 0 Å². The van der Waals surface area contributed by atoms with Gasteiger partial charge in [0.2, 0.25) is 5.89 Å². The summed E-state index contributed by atoms with van der Waals surface area (Å²) in [6.07, 6.45) is 1.57. The average Bonchev–Trinajstić information content (AvgIpc) is 3.02. The summed E-state index contributed by atoms with van der Waals surface area (Å²) in [5, 5.41) is 7.74. The zero-order valence-electron chi connectivity index (χ0n) is 10.1. The minimum absolute atomic E-state index is 0.0170. The van der Waals surface area contributed by atoms with Crippen LogP contribution in [0.2, 0.25) is 0 Å². The van der Waals surface area contributed by atoms with Crippen molar-refractivity contribution in [1.82, 2.24) is 20.2 Å². The van der Waals surface area contributed by atoms with Gasteiger partial charge in [-0.2, -0.15) is 4.98 Å². The number of aryl methyl sites for hydroxylation is 1. The maximum Gasteiger partial charge on any atom is 0.246 e. The standard InChI is InChI=1S/C11H14N4O3/c1-8-12-11(18-13-8)10-7-16-5-3-15(10)6-9-2-4-17-14-9/h2,4,10H,3,5-7H2,1H3/t10-/m0/s1. The van der Waals surface area contributed by atoms with E-state index in [9.17, 15) is 0 Å². The number of rotatable bonds is 3. The first kappa shape index (κ1) is 11.4. The third kappa shape index (κ3) is 2.27. The molecule has 0 amide bonds. The molecule has 0 unspecified atom stereocenters. The highest BCUT2D eigenvalue weighted by atomic mass is 16.5. The van der Waals surface area contributed by atoms with Gasteiger partial charge in [-0.15, -0.1) is 0 Å². The minimum atomic E-state index is -0.0170. The maximum absolute atomic E-state index is 5.48. The summed E-state index contributed by atoms with van der Waals surface area (Å²) < 4.78 is 15.6. The molecule has 1 saturated heterocycles. The molecule has 18 heavy (non-hydrogen) atoms. The molecule has 3 heterocycles. The number of nitrogens with zero attached hydrogens (tertiary/aromatic N) is 4. The van der Waals surface area contributed by atoms with Crippen LogP contribution in [0.15, 0.2) is 21.4 Å². The van der Waals surface area contributed by atoms with Crippen molar-refractivity contribution >= 4 is 0 Å². The van der Waals surface area contributed by atoms with E-state index in [0.717, 1.165) is 12.2 Å². The smallest absolute Gasteiger partial charge is 0.246 e. The van der Waals surface area contributed by atoms with Gasteiger partial charge in [-0.25, -0.2) is 0 Å². The monoisotopic (exact) mass is 250 g/mol. The van der Waals surface area contributed by atoms with E-state index < -0.39 is 0 Å². The van der Waals surface area contributed by atoms with Gasteiger partial charge >= 0.3 is 0 Å². The average molecular weight is 250 g/mol. The van der Waals surface area contributed by atoms with E-state index in [1.807, 2.05) is 6.07 Å². The molecular weight excluding hydrogens is 236 g/mol. The zero-order chi connectivity index (χ0) is 12.4. The number of hydrogen-bond donors (Lipinski definition) is 0. The van der Waals surface area contributed by atoms with Crippen LogP contribution in [0.3, 0.4) is 0 Å². The first-order valence-corrected chi connectivity index (χ1v) is 5.84. The van der Waals surface area contributed by atoms with Gasteiger partial charge in [0.15, 0.2) is 5.82 Å². The fourth-order valence-corrected chi connectivity index (χ4v) is 2.03. The van der Waals surface area contributed by atoms with E-state index in [1.165, 1.54) is 0 Å². The highest BCUT2D eigenvalue weighted by Gasteiger charge is 2.29. The molecule has 1 aliphatic heterocycles. The third-order valence-corrected chi connectivity index (χ3v) is 2.92. The Labute approximate surface area is 104 Å². The van der Waals surface area contributed by atoms with E-state index in [-0.39, 0.29) is 6.04 Å². The maximum atomic E-state index is 5.48. The van der Waals surface area contributed by atoms with Crippen LogP contribution in [-0.4, -0.2) is 40.0 Å². The summed E-state index contributed by atoms with van der Waals surface area (Å²) in [5.41, 5.74) is 0.887. The van der Waals surface area contributed by atoms with Gasteiger partial charge in [-0.3, -0.25) is 4.90 Å². The lowest BCUT2D eigenvalue weighted by Crippen LogP contribution is -2.39. The number of ether oxygens (including phenoxy) is 1. The van der Waals surface area contributed by atoms with Crippen molar-refractivity contribution in [2.24, 2.45) is 0 Å². The van der Waals surface area contributed by atoms with Gasteiger partial charge in [0.1, 0.15) is 12.3 Å². The summed E-state index contributed by atoms with van der Waals surface area (Å²) in [5.74, 6) is 1.23. The molecule has 1 fully saturated rings. The predicted octanol–water partition coefficient (Wildman–Crippen LogP) is 0.940. The molecule has 7 nitrogen and oxygen atoms in total. The van der Waals surface area contributed by atoms with Gasteiger partial charge in [0.25, 0.3) is 0 Å². The summed E-state index contributed by atoms with van der Waals surface area (Å²) in [6.45, 7) is 4.55. The first-order chi connectivity index (χ1) is 8.83. The van der Waals surface area contributed by atoms with Gasteiger partial charge in [0, 0.05) is 19.2 Å². The lowest BCUT2D eigenvalue weighted by Gasteiger charge is -2.32. The van der Waals surface area contributed by atoms with Crippen LogP contribution in [0.1, 0.15) is 23.5 Å². The largest absolute Gasteiger partial charge is 0.378 e. The Morgan fingerprint density at radius 1 is 1.44 bits per heavy atom. The second-order valence-electron chi connectivity index (χ2n) is 4.23. The van der Waals surface area contributed by atoms with Crippen molar-refractivity contribution in [1.29, 1.82) is 0 Å². The lowest BCUT2D eigenvalue weighted by molar-refractivity contribution is -0.0249. The van der Waals surface area contributed by atoms with Crippen LogP contribution in [0.4, 0.5) is 0 Å². The topological polar surface area (TPSA) is 77.4 Å². The molecule has 0 N–H and O–H groups in total. The molecular formula is C11H14N4O3. The summed E-state index contributed by atoms with van der Waals surface area (Å²) >= 11 is 0. The Morgan fingerprint density at radius 2 is 2.39 bits per heavy atom. The SMILES string of the molecule is Cc1noc([C@@H]2COCCN2Cc2ccon2)n1. The molecule has 1 atom stereocenters. The van der Waals surface area contributed by atoms with Crippen molar-refractivity contribution in [2.45, 2.75) is 19.5 Å². The number of hydrogen-bond acceptors (Lipinski definition) is 7. The van der Waals surface area contributed by atoms with Crippen molar-refractivity contribution in [2.75, 3.05) is 19.8 Å². The van der Waals surface area contributed by atoms with Crippen molar-refractivity contribution in [3.05, 3.63) is 29.7 Å². The highest BCUT2D eigenvalue weighted by Crippen LogP contribution is 2.24. The molecule has 1 aliphatic rings. The van der Waals surface area contributed by atoms with Gasteiger partial charge in [0.05, 0.1) is 18.9 Å². The van der Waals surface area contributed by atoms with E-state index in [4.69, 9.17) is 13.8 Å². The van der Waals surface area contributed by atoms with Gasteiger partial charge in [-0.1, -0.05) is 10.3 Å². The molecule has 0 bridgehead atoms. The van der Waals surface area contributed by atoms with Gasteiger partial charge in [-0.05, 0) is 6.92 Å². The quantitative estimate of drug-likeness (QED) is 0.802. The highest BCUT2D eigenvalue weighted by molar-refractivity contribution is 4.99. The van der Waals surface area contributed by atoms with Crippen molar-refractivity contribution < 1.29 is 13.8 Å². The first-order valence-electron chi connectivity index (χ1n) is 5.84. The molecule has 0 aromatic carbocycles. The molecule has 0 aliphatic carbocycles. The third-order valence-electron chi connectivity index (χ3n) is 2.92. The number of morpholine rings is 1. The Kier molecular flexibility index (Phi) is 3.07. The van der Waals surface area contributed by atoms with Crippen LogP contribution in [0.5, 0.6) is 0 Å². The van der Waals surface area contributed by atoms with Crippen LogP contribution in [0.25, 0.3) is 0 Å². The van der Waals surface area contributed by atoms with E-state index in [2.05, 4.69) is 20.2 Å². The van der Waals surface area contributed by atoms with Crippen LogP contribution in [-0.2, 0) is 11.3 Å². The fourth-order valence-electron chi connectivity index (χ4n) is 2.03. The number of aromatic nitrogens is 3. The molecule has 2 aromatic heterocycles. The van der Waals surface area contributed by atoms with Crippen LogP contribution in [0, 0.1) is 6.92 Å². The second-order valence-corrected chi connectivity index (χ2v) is 4.23. The normalized spacial score (nSPS) is 21.3. The molecule has 2 aromatic rings. The fraction of sp³-hybridized carbons (Fsp3) is 0.545. The Bertz CT molecular complexity index is 496. The zero-order valence-corrected chi connectivity index (χ0v) is 10.1. The molecule has 0 spiro atoms. The lowest BCUT2D eigenvalue weighted by atomic mass is 10.2. The Morgan fingerprint density at radius 3 is 3.11 bits per heavy atom. The van der Waals surface area contributed by atoms with Crippen molar-refractivity contribution in [3.63, 3.8) is 0 Å².